The predicted molar refractivity (Wildman–Crippen MR) is 151 cm³/mol. The zero-order valence-corrected chi connectivity index (χ0v) is 22.8. The highest BCUT2D eigenvalue weighted by Gasteiger charge is 2.19. The Morgan fingerprint density at radius 3 is 2.42 bits per heavy atom. The van der Waals surface area contributed by atoms with Gasteiger partial charge in [0.15, 0.2) is 0 Å². The minimum atomic E-state index is -0.0427. The summed E-state index contributed by atoms with van der Waals surface area (Å²) in [6.07, 6.45) is 5.55. The second-order valence-electron chi connectivity index (χ2n) is 9.87. The topological polar surface area (TPSA) is 73.8 Å². The summed E-state index contributed by atoms with van der Waals surface area (Å²) < 4.78 is 6.22. The number of carbonyl (C=O) groups excluding carboxylic acids is 1. The molecule has 200 valence electrons. The molecule has 0 spiro atoms. The molecule has 2 aliphatic rings. The molecule has 0 radical (unpaired) electrons. The van der Waals surface area contributed by atoms with Crippen molar-refractivity contribution < 1.29 is 9.53 Å². The number of hydrogen-bond donors (Lipinski definition) is 1. The standard InChI is InChI=1S/C29H36N6O2S/c1-33-16-18-35(19-17-33)29-30-20-26(28(32-29)37-21-23-8-4-2-5-9-23)38-25-12-10-24(11-13-25)27(36)31-22-34-14-6-3-7-15-34/h2,4-5,8-13,20H,3,6-7,14-19,21-22H2,1H3,(H,31,36). The van der Waals surface area contributed by atoms with Crippen molar-refractivity contribution in [1.29, 1.82) is 0 Å². The van der Waals surface area contributed by atoms with Crippen molar-refractivity contribution in [1.82, 2.24) is 25.1 Å². The Hall–Kier alpha value is -3.14. The maximum Gasteiger partial charge on any atom is 0.252 e. The predicted octanol–water partition coefficient (Wildman–Crippen LogP) is 4.13. The highest BCUT2D eigenvalue weighted by atomic mass is 32.2. The van der Waals surface area contributed by atoms with E-state index in [0.29, 0.717) is 30.7 Å². The molecule has 1 amide bonds. The Bertz CT molecular complexity index is 1180. The Balaban J connectivity index is 1.26. The molecule has 0 bridgehead atoms. The van der Waals surface area contributed by atoms with E-state index in [0.717, 1.165) is 54.6 Å². The fraction of sp³-hybridized carbons (Fsp3) is 0.414. The molecular weight excluding hydrogens is 496 g/mol. The van der Waals surface area contributed by atoms with Gasteiger partial charge < -0.3 is 19.9 Å². The van der Waals surface area contributed by atoms with Crippen LogP contribution >= 0.6 is 11.8 Å². The van der Waals surface area contributed by atoms with Crippen LogP contribution < -0.4 is 15.0 Å². The van der Waals surface area contributed by atoms with Gasteiger partial charge in [0.05, 0.1) is 17.8 Å². The van der Waals surface area contributed by atoms with Crippen LogP contribution in [0.15, 0.2) is 70.6 Å². The van der Waals surface area contributed by atoms with Gasteiger partial charge in [-0.2, -0.15) is 4.98 Å². The maximum absolute atomic E-state index is 12.6. The SMILES string of the molecule is CN1CCN(c2ncc(Sc3ccc(C(=O)NCN4CCCCC4)cc3)c(OCc3ccccc3)n2)CC1. The van der Waals surface area contributed by atoms with Gasteiger partial charge in [0.1, 0.15) is 6.61 Å². The number of amides is 1. The first-order valence-electron chi connectivity index (χ1n) is 13.4. The van der Waals surface area contributed by atoms with Gasteiger partial charge in [0, 0.05) is 36.6 Å². The summed E-state index contributed by atoms with van der Waals surface area (Å²) in [7, 11) is 2.13. The average Bonchev–Trinajstić information content (AvgIpc) is 2.97. The number of hydrogen-bond acceptors (Lipinski definition) is 8. The number of nitrogens with one attached hydrogen (secondary N) is 1. The fourth-order valence-electron chi connectivity index (χ4n) is 4.61. The lowest BCUT2D eigenvalue weighted by atomic mass is 10.1. The number of likely N-dealkylation sites (N-methyl/N-ethyl adjacent to an activating group) is 1. The largest absolute Gasteiger partial charge is 0.472 e. The molecule has 1 aromatic heterocycles. The third-order valence-electron chi connectivity index (χ3n) is 6.97. The summed E-state index contributed by atoms with van der Waals surface area (Å²) >= 11 is 1.54. The Labute approximate surface area is 229 Å². The Kier molecular flexibility index (Phi) is 9.11. The van der Waals surface area contributed by atoms with Crippen LogP contribution in [0, 0.1) is 0 Å². The second kappa shape index (κ2) is 13.1. The van der Waals surface area contributed by atoms with E-state index in [1.165, 1.54) is 19.3 Å². The number of carbonyl (C=O) groups is 1. The number of benzene rings is 2. The van der Waals surface area contributed by atoms with Gasteiger partial charge in [0.2, 0.25) is 11.8 Å². The number of nitrogens with zero attached hydrogens (tertiary/aromatic N) is 5. The Morgan fingerprint density at radius 1 is 0.947 bits per heavy atom. The van der Waals surface area contributed by atoms with Crippen LogP contribution in [0.25, 0.3) is 0 Å². The zero-order valence-electron chi connectivity index (χ0n) is 22.0. The van der Waals surface area contributed by atoms with Crippen molar-refractivity contribution >= 4 is 23.6 Å². The van der Waals surface area contributed by atoms with Crippen LogP contribution in [-0.4, -0.2) is 78.7 Å². The van der Waals surface area contributed by atoms with E-state index in [9.17, 15) is 4.79 Å². The molecule has 0 atom stereocenters. The monoisotopic (exact) mass is 532 g/mol. The van der Waals surface area contributed by atoms with E-state index in [-0.39, 0.29) is 5.91 Å². The summed E-state index contributed by atoms with van der Waals surface area (Å²) in [5, 5.41) is 3.05. The molecule has 38 heavy (non-hydrogen) atoms. The molecule has 0 aliphatic carbocycles. The molecule has 5 rings (SSSR count). The third-order valence-corrected chi connectivity index (χ3v) is 7.98. The van der Waals surface area contributed by atoms with Crippen LogP contribution in [0.1, 0.15) is 35.2 Å². The third kappa shape index (κ3) is 7.24. The zero-order chi connectivity index (χ0) is 26.2. The van der Waals surface area contributed by atoms with Gasteiger partial charge in [-0.05, 0) is 62.8 Å². The summed E-state index contributed by atoms with van der Waals surface area (Å²) in [6, 6.07) is 17.8. The van der Waals surface area contributed by atoms with Crippen molar-refractivity contribution in [2.75, 3.05) is 57.9 Å². The van der Waals surface area contributed by atoms with E-state index < -0.39 is 0 Å². The van der Waals surface area contributed by atoms with E-state index >= 15 is 0 Å². The van der Waals surface area contributed by atoms with E-state index in [4.69, 9.17) is 9.72 Å². The molecule has 9 heteroatoms. The summed E-state index contributed by atoms with van der Waals surface area (Å²) in [5.41, 5.74) is 1.75. The van der Waals surface area contributed by atoms with Crippen molar-refractivity contribution in [3.05, 3.63) is 71.9 Å². The minimum Gasteiger partial charge on any atom is -0.472 e. The van der Waals surface area contributed by atoms with Crippen molar-refractivity contribution in [3.63, 3.8) is 0 Å². The van der Waals surface area contributed by atoms with Crippen LogP contribution in [0.2, 0.25) is 0 Å². The van der Waals surface area contributed by atoms with Gasteiger partial charge >= 0.3 is 0 Å². The van der Waals surface area contributed by atoms with Gasteiger partial charge in [-0.1, -0.05) is 48.5 Å². The highest BCUT2D eigenvalue weighted by molar-refractivity contribution is 7.99. The van der Waals surface area contributed by atoms with Crippen LogP contribution in [0.5, 0.6) is 5.88 Å². The molecule has 2 fully saturated rings. The van der Waals surface area contributed by atoms with E-state index in [2.05, 4.69) is 32.0 Å². The van der Waals surface area contributed by atoms with Crippen molar-refractivity contribution in [3.8, 4) is 5.88 Å². The second-order valence-corrected chi connectivity index (χ2v) is 11.0. The fourth-order valence-corrected chi connectivity index (χ4v) is 5.43. The number of anilines is 1. The van der Waals surface area contributed by atoms with E-state index in [1.807, 2.05) is 60.8 Å². The van der Waals surface area contributed by atoms with Crippen LogP contribution in [0.4, 0.5) is 5.95 Å². The maximum atomic E-state index is 12.6. The smallest absolute Gasteiger partial charge is 0.252 e. The number of piperidine rings is 1. The molecule has 3 heterocycles. The molecule has 2 aliphatic heterocycles. The first kappa shape index (κ1) is 26.5. The van der Waals surface area contributed by atoms with Gasteiger partial charge in [-0.15, -0.1) is 0 Å². The van der Waals surface area contributed by atoms with Gasteiger partial charge in [-0.25, -0.2) is 4.98 Å². The molecule has 1 N–H and O–H groups in total. The minimum absolute atomic E-state index is 0.0427. The first-order valence-corrected chi connectivity index (χ1v) is 14.2. The summed E-state index contributed by atoms with van der Waals surface area (Å²) in [4.78, 5) is 30.8. The molecule has 8 nitrogen and oxygen atoms in total. The van der Waals surface area contributed by atoms with Gasteiger partial charge in [0.25, 0.3) is 5.91 Å². The number of aromatic nitrogens is 2. The number of rotatable bonds is 9. The molecule has 2 saturated heterocycles. The number of likely N-dealkylation sites (tertiary alicyclic amines) is 1. The number of ether oxygens (including phenoxy) is 1. The normalized spacial score (nSPS) is 16.8. The van der Waals surface area contributed by atoms with Crippen LogP contribution in [0.3, 0.4) is 0 Å². The molecular formula is C29H36N6O2S. The molecule has 0 unspecified atom stereocenters. The highest BCUT2D eigenvalue weighted by Crippen LogP contribution is 2.35. The van der Waals surface area contributed by atoms with Crippen molar-refractivity contribution in [2.24, 2.45) is 0 Å². The molecule has 2 aromatic carbocycles. The lowest BCUT2D eigenvalue weighted by Gasteiger charge is -2.32. The number of piperazine rings is 1. The lowest BCUT2D eigenvalue weighted by molar-refractivity contribution is 0.0914. The summed E-state index contributed by atoms with van der Waals surface area (Å²) in [5.74, 6) is 1.23. The van der Waals surface area contributed by atoms with Crippen molar-refractivity contribution in [2.45, 2.75) is 35.7 Å². The van der Waals surface area contributed by atoms with Crippen LogP contribution in [-0.2, 0) is 6.61 Å². The first-order chi connectivity index (χ1) is 18.6. The molecule has 0 saturated carbocycles. The quantitative estimate of drug-likeness (QED) is 0.441. The molecule has 3 aromatic rings. The average molecular weight is 533 g/mol. The van der Waals surface area contributed by atoms with Gasteiger partial charge in [-0.3, -0.25) is 9.69 Å². The van der Waals surface area contributed by atoms with E-state index in [1.54, 1.807) is 11.8 Å². The Morgan fingerprint density at radius 2 is 1.68 bits per heavy atom. The lowest BCUT2D eigenvalue weighted by Crippen LogP contribution is -2.45. The summed E-state index contributed by atoms with van der Waals surface area (Å²) in [6.45, 7) is 6.90.